The van der Waals surface area contributed by atoms with Crippen LogP contribution in [0.5, 0.6) is 5.75 Å². The minimum atomic E-state index is -0.226. The molecule has 124 valence electrons. The molecule has 0 saturated heterocycles. The maximum absolute atomic E-state index is 12.2. The lowest BCUT2D eigenvalue weighted by Crippen LogP contribution is -2.31. The van der Waals surface area contributed by atoms with E-state index in [9.17, 15) is 9.59 Å². The van der Waals surface area contributed by atoms with Gasteiger partial charge in [-0.15, -0.1) is 11.3 Å². The molecule has 2 aromatic heterocycles. The molecule has 0 aliphatic heterocycles. The fourth-order valence-electron chi connectivity index (χ4n) is 2.23. The van der Waals surface area contributed by atoms with E-state index in [-0.39, 0.29) is 18.0 Å². The number of rotatable bonds is 6. The van der Waals surface area contributed by atoms with Crippen molar-refractivity contribution >= 4 is 27.9 Å². The van der Waals surface area contributed by atoms with Crippen molar-refractivity contribution in [2.24, 2.45) is 0 Å². The summed E-state index contributed by atoms with van der Waals surface area (Å²) in [5.41, 5.74) is 0.951. The van der Waals surface area contributed by atoms with Crippen molar-refractivity contribution in [3.05, 3.63) is 58.0 Å². The first-order chi connectivity index (χ1) is 11.7. The lowest BCUT2D eigenvalue weighted by molar-refractivity contribution is -0.119. The number of amides is 1. The van der Waals surface area contributed by atoms with Gasteiger partial charge in [0.2, 0.25) is 5.91 Å². The lowest BCUT2D eigenvalue weighted by atomic mass is 10.2. The Kier molecular flexibility index (Phi) is 4.76. The minimum absolute atomic E-state index is 0.0116. The Morgan fingerprint density at radius 3 is 3.04 bits per heavy atom. The average Bonchev–Trinajstić information content (AvgIpc) is 3.09. The van der Waals surface area contributed by atoms with Gasteiger partial charge in [0.05, 0.1) is 19.9 Å². The molecular weight excluding hydrogens is 328 g/mol. The van der Waals surface area contributed by atoms with Crippen LogP contribution in [0.1, 0.15) is 5.56 Å². The van der Waals surface area contributed by atoms with E-state index in [4.69, 9.17) is 4.74 Å². The third kappa shape index (κ3) is 3.38. The number of fused-ring (bicyclic) bond motifs is 1. The van der Waals surface area contributed by atoms with Gasteiger partial charge in [0.15, 0.2) is 4.96 Å². The fraction of sp³-hybridized carbons (Fsp3) is 0.188. The molecule has 2 heterocycles. The van der Waals surface area contributed by atoms with E-state index in [0.717, 1.165) is 11.3 Å². The van der Waals surface area contributed by atoms with Crippen LogP contribution in [0.2, 0.25) is 0 Å². The largest absolute Gasteiger partial charge is 0.496 e. The minimum Gasteiger partial charge on any atom is -0.496 e. The fourth-order valence-corrected chi connectivity index (χ4v) is 2.90. The highest BCUT2D eigenvalue weighted by atomic mass is 32.1. The molecule has 0 aliphatic carbocycles. The predicted octanol–water partition coefficient (Wildman–Crippen LogP) is 1.49. The number of para-hydroxylation sites is 1. The molecule has 1 aromatic carbocycles. The molecule has 3 rings (SSSR count). The maximum Gasteiger partial charge on any atom is 0.281 e. The number of hydrogen-bond donors (Lipinski definition) is 2. The Labute approximate surface area is 141 Å². The number of benzene rings is 1. The molecule has 0 atom stereocenters. The van der Waals surface area contributed by atoms with Gasteiger partial charge in [-0.25, -0.2) is 4.98 Å². The monoisotopic (exact) mass is 344 g/mol. The van der Waals surface area contributed by atoms with Crippen LogP contribution in [0.15, 0.2) is 46.8 Å². The second-order valence-corrected chi connectivity index (χ2v) is 5.85. The van der Waals surface area contributed by atoms with Gasteiger partial charge >= 0.3 is 0 Å². The van der Waals surface area contributed by atoms with Crippen LogP contribution in [0.3, 0.4) is 0 Å². The summed E-state index contributed by atoms with van der Waals surface area (Å²) in [6.45, 7) is 0.341. The molecular formula is C16H16N4O3S. The normalized spacial score (nSPS) is 10.5. The third-order valence-corrected chi connectivity index (χ3v) is 4.22. The maximum atomic E-state index is 12.2. The molecule has 2 N–H and O–H groups in total. The van der Waals surface area contributed by atoms with Crippen LogP contribution in [-0.2, 0) is 11.3 Å². The van der Waals surface area contributed by atoms with Crippen LogP contribution in [0.4, 0.5) is 5.69 Å². The summed E-state index contributed by atoms with van der Waals surface area (Å²) in [4.78, 5) is 28.9. The van der Waals surface area contributed by atoms with Gasteiger partial charge in [-0.2, -0.15) is 0 Å². The molecule has 0 spiro atoms. The Bertz CT molecular complexity index is 919. The molecule has 1 amide bonds. The Balaban J connectivity index is 1.59. The zero-order valence-corrected chi connectivity index (χ0v) is 13.8. The molecule has 0 radical (unpaired) electrons. The third-order valence-electron chi connectivity index (χ3n) is 3.45. The molecule has 8 heteroatoms. The second kappa shape index (κ2) is 7.14. The molecule has 0 saturated carbocycles. The number of thiazole rings is 1. The van der Waals surface area contributed by atoms with Gasteiger partial charge in [-0.1, -0.05) is 18.2 Å². The molecule has 0 fully saturated rings. The lowest BCUT2D eigenvalue weighted by Gasteiger charge is -2.10. The van der Waals surface area contributed by atoms with Crippen molar-refractivity contribution in [1.82, 2.24) is 14.7 Å². The Hall–Kier alpha value is -2.87. The first-order valence-corrected chi connectivity index (χ1v) is 8.14. The van der Waals surface area contributed by atoms with Crippen LogP contribution in [0, 0.1) is 0 Å². The van der Waals surface area contributed by atoms with E-state index >= 15 is 0 Å². The number of hydrogen-bond acceptors (Lipinski definition) is 6. The highest BCUT2D eigenvalue weighted by Crippen LogP contribution is 2.16. The van der Waals surface area contributed by atoms with Crippen LogP contribution < -0.4 is 20.9 Å². The Morgan fingerprint density at radius 1 is 1.38 bits per heavy atom. The zero-order chi connectivity index (χ0) is 16.9. The highest BCUT2D eigenvalue weighted by molar-refractivity contribution is 7.15. The van der Waals surface area contributed by atoms with Crippen molar-refractivity contribution in [3.63, 3.8) is 0 Å². The number of nitrogens with one attached hydrogen (secondary N) is 2. The summed E-state index contributed by atoms with van der Waals surface area (Å²) in [5.74, 6) is 0.492. The van der Waals surface area contributed by atoms with E-state index in [1.54, 1.807) is 18.7 Å². The summed E-state index contributed by atoms with van der Waals surface area (Å²) in [5, 5.41) is 7.40. The quantitative estimate of drug-likeness (QED) is 0.708. The molecule has 0 aliphatic rings. The van der Waals surface area contributed by atoms with Gasteiger partial charge in [-0.3, -0.25) is 14.0 Å². The highest BCUT2D eigenvalue weighted by Gasteiger charge is 2.08. The first-order valence-electron chi connectivity index (χ1n) is 7.26. The van der Waals surface area contributed by atoms with Crippen molar-refractivity contribution < 1.29 is 9.53 Å². The first kappa shape index (κ1) is 16.0. The van der Waals surface area contributed by atoms with E-state index in [1.165, 1.54) is 21.9 Å². The van der Waals surface area contributed by atoms with E-state index in [0.29, 0.717) is 17.2 Å². The number of carbonyl (C=O) groups is 1. The molecule has 7 nitrogen and oxygen atoms in total. The smallest absolute Gasteiger partial charge is 0.281 e. The Morgan fingerprint density at radius 2 is 2.21 bits per heavy atom. The molecule has 3 aromatic rings. The summed E-state index contributed by atoms with van der Waals surface area (Å²) in [7, 11) is 1.59. The van der Waals surface area contributed by atoms with E-state index in [1.807, 2.05) is 24.3 Å². The number of carbonyl (C=O) groups excluding carboxylic acids is 1. The van der Waals surface area contributed by atoms with Gasteiger partial charge in [0, 0.05) is 23.7 Å². The van der Waals surface area contributed by atoms with Crippen molar-refractivity contribution in [2.75, 3.05) is 19.0 Å². The summed E-state index contributed by atoms with van der Waals surface area (Å²) < 4.78 is 6.68. The summed E-state index contributed by atoms with van der Waals surface area (Å²) >= 11 is 1.38. The number of methoxy groups -OCH3 is 1. The average molecular weight is 344 g/mol. The standard InChI is InChI=1S/C16H16N4O3S/c1-23-13-5-3-2-4-11(13)8-18-14(21)10-17-12-9-19-16-20(15(12)22)6-7-24-16/h2-7,9,17H,8,10H2,1H3,(H,18,21). The van der Waals surface area contributed by atoms with Gasteiger partial charge in [0.25, 0.3) is 5.56 Å². The second-order valence-electron chi connectivity index (χ2n) is 4.97. The number of aromatic nitrogens is 2. The number of anilines is 1. The van der Waals surface area contributed by atoms with Crippen molar-refractivity contribution in [1.29, 1.82) is 0 Å². The summed E-state index contributed by atoms with van der Waals surface area (Å²) in [6, 6.07) is 7.47. The van der Waals surface area contributed by atoms with Gasteiger partial charge < -0.3 is 15.4 Å². The zero-order valence-electron chi connectivity index (χ0n) is 13.0. The van der Waals surface area contributed by atoms with Crippen LogP contribution in [0.25, 0.3) is 4.96 Å². The van der Waals surface area contributed by atoms with Crippen molar-refractivity contribution in [3.8, 4) is 5.75 Å². The van der Waals surface area contributed by atoms with Gasteiger partial charge in [0.1, 0.15) is 11.4 Å². The van der Waals surface area contributed by atoms with Crippen LogP contribution in [-0.4, -0.2) is 28.9 Å². The van der Waals surface area contributed by atoms with E-state index < -0.39 is 0 Å². The van der Waals surface area contributed by atoms with Gasteiger partial charge in [-0.05, 0) is 6.07 Å². The SMILES string of the molecule is COc1ccccc1CNC(=O)CNc1cnc2sccn2c1=O. The molecule has 0 bridgehead atoms. The molecule has 24 heavy (non-hydrogen) atoms. The van der Waals surface area contributed by atoms with Crippen LogP contribution >= 0.6 is 11.3 Å². The van der Waals surface area contributed by atoms with E-state index in [2.05, 4.69) is 15.6 Å². The number of ether oxygens (including phenoxy) is 1. The topological polar surface area (TPSA) is 84.7 Å². The summed E-state index contributed by atoms with van der Waals surface area (Å²) in [6.07, 6.45) is 3.10. The number of nitrogens with zero attached hydrogens (tertiary/aromatic N) is 2. The predicted molar refractivity (Wildman–Crippen MR) is 92.7 cm³/mol. The molecule has 0 unspecified atom stereocenters. The van der Waals surface area contributed by atoms with Crippen molar-refractivity contribution in [2.45, 2.75) is 6.54 Å².